The molecule has 0 N–H and O–H groups in total. The number of benzene rings is 5. The second-order valence-electron chi connectivity index (χ2n) is 8.80. The van der Waals surface area contributed by atoms with Gasteiger partial charge in [0.2, 0.25) is 0 Å². The SMILES string of the molecule is O=[PH]1Oc2ccccc2-c2cccc(Oc3ccc(Oc4cccc5c4[PH](=O)Oc4ccccc4-5)cc3)c21. The number of hydrogen-bond donors (Lipinski definition) is 0. The van der Waals surface area contributed by atoms with Gasteiger partial charge in [-0.2, -0.15) is 0 Å². The molecule has 8 heteroatoms. The van der Waals surface area contributed by atoms with E-state index in [0.717, 1.165) is 22.3 Å². The van der Waals surface area contributed by atoms with Gasteiger partial charge >= 0.3 is 0 Å². The topological polar surface area (TPSA) is 71.1 Å². The van der Waals surface area contributed by atoms with E-state index in [2.05, 4.69) is 0 Å². The average molecular weight is 538 g/mol. The minimum absolute atomic E-state index is 0.487. The second-order valence-corrected chi connectivity index (χ2v) is 11.4. The van der Waals surface area contributed by atoms with E-state index in [9.17, 15) is 9.13 Å². The van der Waals surface area contributed by atoms with Crippen LogP contribution in [0.3, 0.4) is 0 Å². The third-order valence-electron chi connectivity index (χ3n) is 6.50. The number of rotatable bonds is 4. The summed E-state index contributed by atoms with van der Waals surface area (Å²) in [7, 11) is -5.06. The van der Waals surface area contributed by atoms with Crippen LogP contribution in [0.2, 0.25) is 0 Å². The van der Waals surface area contributed by atoms with Gasteiger partial charge in [0.05, 0.1) is 10.6 Å². The summed E-state index contributed by atoms with van der Waals surface area (Å²) in [6.07, 6.45) is 0. The van der Waals surface area contributed by atoms with Crippen molar-refractivity contribution in [2.24, 2.45) is 0 Å². The van der Waals surface area contributed by atoms with Crippen molar-refractivity contribution < 1.29 is 27.7 Å². The molecule has 0 spiro atoms. The Morgan fingerprint density at radius 2 is 0.842 bits per heavy atom. The summed E-state index contributed by atoms with van der Waals surface area (Å²) < 4.78 is 49.6. The first kappa shape index (κ1) is 22.9. The van der Waals surface area contributed by atoms with E-state index < -0.39 is 16.1 Å². The molecule has 0 saturated heterocycles. The molecule has 0 radical (unpaired) electrons. The molecule has 186 valence electrons. The van der Waals surface area contributed by atoms with Gasteiger partial charge in [-0.15, -0.1) is 0 Å². The number of hydrogen-bond acceptors (Lipinski definition) is 6. The molecular weight excluding hydrogens is 518 g/mol. The van der Waals surface area contributed by atoms with Crippen molar-refractivity contribution in [3.63, 3.8) is 0 Å². The van der Waals surface area contributed by atoms with Crippen molar-refractivity contribution >= 4 is 26.7 Å². The lowest BCUT2D eigenvalue weighted by molar-refractivity contribution is 0.468. The van der Waals surface area contributed by atoms with E-state index in [0.29, 0.717) is 45.1 Å². The Morgan fingerprint density at radius 1 is 0.447 bits per heavy atom. The molecule has 2 aliphatic rings. The standard InChI is InChI=1S/C30H20O6P2/c31-37-29-23(21-7-1-3-11-25(21)35-37)9-5-13-27(29)33-19-15-17-20(18-16-19)34-28-14-6-10-24-22-8-2-4-12-26(22)36-38(32)30(24)28/h1-18,37-38H. The third kappa shape index (κ3) is 3.90. The van der Waals surface area contributed by atoms with Gasteiger partial charge in [0, 0.05) is 22.3 Å². The Balaban J connectivity index is 1.17. The summed E-state index contributed by atoms with van der Waals surface area (Å²) in [6, 6.07) is 33.4. The minimum Gasteiger partial charge on any atom is -0.456 e. The molecule has 2 aliphatic heterocycles. The highest BCUT2D eigenvalue weighted by Crippen LogP contribution is 2.47. The highest BCUT2D eigenvalue weighted by Gasteiger charge is 2.27. The number of ether oxygens (including phenoxy) is 2. The molecule has 0 amide bonds. The Morgan fingerprint density at radius 3 is 1.29 bits per heavy atom. The van der Waals surface area contributed by atoms with Crippen LogP contribution in [0.25, 0.3) is 22.3 Å². The maximum Gasteiger partial charge on any atom is 0.270 e. The fourth-order valence-electron chi connectivity index (χ4n) is 4.79. The summed E-state index contributed by atoms with van der Waals surface area (Å²) in [5.41, 5.74) is 3.47. The summed E-state index contributed by atoms with van der Waals surface area (Å²) >= 11 is 0. The predicted octanol–water partition coefficient (Wildman–Crippen LogP) is 7.59. The first-order chi connectivity index (χ1) is 18.7. The van der Waals surface area contributed by atoms with E-state index in [1.54, 1.807) is 36.4 Å². The fraction of sp³-hybridized carbons (Fsp3) is 0. The molecule has 0 aliphatic carbocycles. The molecule has 0 bridgehead atoms. The largest absolute Gasteiger partial charge is 0.456 e. The lowest BCUT2D eigenvalue weighted by Gasteiger charge is -2.23. The molecule has 5 aromatic carbocycles. The quantitative estimate of drug-likeness (QED) is 0.220. The van der Waals surface area contributed by atoms with E-state index in [-0.39, 0.29) is 0 Å². The zero-order chi connectivity index (χ0) is 25.6. The first-order valence-corrected chi connectivity index (χ1v) is 14.6. The van der Waals surface area contributed by atoms with Crippen LogP contribution in [0.15, 0.2) is 109 Å². The average Bonchev–Trinajstić information content (AvgIpc) is 2.94. The molecule has 2 unspecified atom stereocenters. The van der Waals surface area contributed by atoms with Gasteiger partial charge in [-0.1, -0.05) is 60.7 Å². The molecule has 5 aromatic rings. The highest BCUT2D eigenvalue weighted by molar-refractivity contribution is 7.50. The number of para-hydroxylation sites is 2. The summed E-state index contributed by atoms with van der Waals surface area (Å²) in [5, 5.41) is 1.13. The van der Waals surface area contributed by atoms with Gasteiger partial charge in [-0.25, -0.2) is 0 Å². The maximum atomic E-state index is 13.0. The van der Waals surface area contributed by atoms with Crippen LogP contribution in [-0.2, 0) is 9.13 Å². The smallest absolute Gasteiger partial charge is 0.270 e. The summed E-state index contributed by atoms with van der Waals surface area (Å²) in [6.45, 7) is 0. The van der Waals surface area contributed by atoms with E-state index in [4.69, 9.17) is 18.5 Å². The van der Waals surface area contributed by atoms with E-state index >= 15 is 0 Å². The van der Waals surface area contributed by atoms with Crippen LogP contribution >= 0.6 is 16.1 Å². The zero-order valence-electron chi connectivity index (χ0n) is 19.8. The second kappa shape index (κ2) is 9.25. The normalized spacial score (nSPS) is 16.5. The Hall–Kier alpha value is -4.24. The van der Waals surface area contributed by atoms with Crippen molar-refractivity contribution in [1.29, 1.82) is 0 Å². The molecule has 2 atom stereocenters. The van der Waals surface area contributed by atoms with Crippen molar-refractivity contribution in [3.05, 3.63) is 109 Å². The number of fused-ring (bicyclic) bond motifs is 6. The van der Waals surface area contributed by atoms with Crippen molar-refractivity contribution in [1.82, 2.24) is 0 Å². The van der Waals surface area contributed by atoms with Crippen molar-refractivity contribution in [3.8, 4) is 56.8 Å². The molecule has 38 heavy (non-hydrogen) atoms. The monoisotopic (exact) mass is 538 g/mol. The van der Waals surface area contributed by atoms with E-state index in [1.165, 1.54) is 0 Å². The van der Waals surface area contributed by atoms with Gasteiger partial charge < -0.3 is 18.5 Å². The third-order valence-corrected chi connectivity index (χ3v) is 9.16. The fourth-order valence-corrected chi connectivity index (χ4v) is 7.30. The van der Waals surface area contributed by atoms with E-state index in [1.807, 2.05) is 72.8 Å². The molecule has 0 aromatic heterocycles. The van der Waals surface area contributed by atoms with Crippen molar-refractivity contribution in [2.75, 3.05) is 0 Å². The Bertz CT molecular complexity index is 1630. The summed E-state index contributed by atoms with van der Waals surface area (Å²) in [4.78, 5) is 0. The van der Waals surface area contributed by atoms with Crippen LogP contribution < -0.4 is 29.1 Å². The van der Waals surface area contributed by atoms with Crippen LogP contribution in [0.4, 0.5) is 0 Å². The predicted molar refractivity (Wildman–Crippen MR) is 149 cm³/mol. The van der Waals surface area contributed by atoms with Crippen LogP contribution in [0.1, 0.15) is 0 Å². The van der Waals surface area contributed by atoms with Crippen molar-refractivity contribution in [2.45, 2.75) is 0 Å². The first-order valence-electron chi connectivity index (χ1n) is 12.0. The maximum absolute atomic E-state index is 13.0. The Kier molecular flexibility index (Phi) is 5.58. The van der Waals surface area contributed by atoms with Gasteiger partial charge in [0.1, 0.15) is 34.5 Å². The zero-order valence-corrected chi connectivity index (χ0v) is 21.8. The van der Waals surface area contributed by atoms with Gasteiger partial charge in [-0.05, 0) is 48.5 Å². The molecule has 6 nitrogen and oxygen atoms in total. The lowest BCUT2D eigenvalue weighted by atomic mass is 10.0. The van der Waals surface area contributed by atoms with Crippen LogP contribution in [0.5, 0.6) is 34.5 Å². The van der Waals surface area contributed by atoms with Gasteiger partial charge in [-0.3, -0.25) is 9.13 Å². The summed E-state index contributed by atoms with van der Waals surface area (Å²) in [5.74, 6) is 3.31. The highest BCUT2D eigenvalue weighted by atomic mass is 31.1. The molecule has 0 fully saturated rings. The van der Waals surface area contributed by atoms with Gasteiger partial charge in [0.15, 0.2) is 0 Å². The minimum atomic E-state index is -2.53. The molecular formula is C30H20O6P2. The lowest BCUT2D eigenvalue weighted by Crippen LogP contribution is -2.13. The molecule has 2 heterocycles. The molecule has 7 rings (SSSR count). The van der Waals surface area contributed by atoms with Crippen LogP contribution in [-0.4, -0.2) is 0 Å². The molecule has 0 saturated carbocycles. The Labute approximate surface area is 220 Å². The van der Waals surface area contributed by atoms with Crippen LogP contribution in [0, 0.1) is 0 Å². The van der Waals surface area contributed by atoms with Gasteiger partial charge in [0.25, 0.3) is 16.1 Å².